The molecule has 0 amide bonds. The van der Waals surface area contributed by atoms with Crippen LogP contribution in [-0.4, -0.2) is 22.8 Å². The molecule has 0 fully saturated rings. The first-order chi connectivity index (χ1) is 13.5. The number of rotatable bonds is 4. The number of allylic oxidation sites excluding steroid dienone is 3. The molecule has 0 saturated heterocycles. The highest BCUT2D eigenvalue weighted by atomic mass is 16.6. The number of carbonyl (C=O) groups is 2. The van der Waals surface area contributed by atoms with Gasteiger partial charge in [0, 0.05) is 41.4 Å². The number of Topliss-reactive ketones (excluding diaryl/α,β-unsaturated/α-hetero) is 1. The second-order valence-electron chi connectivity index (χ2n) is 8.73. The number of ether oxygens (including phenoxy) is 1. The van der Waals surface area contributed by atoms with Crippen molar-refractivity contribution in [2.24, 2.45) is 5.41 Å². The number of esters is 1. The molecule has 1 atom stereocenters. The van der Waals surface area contributed by atoms with E-state index in [0.717, 1.165) is 5.70 Å². The Balaban J connectivity index is 2.15. The van der Waals surface area contributed by atoms with Gasteiger partial charge in [-0.3, -0.25) is 14.9 Å². The van der Waals surface area contributed by atoms with E-state index in [4.69, 9.17) is 4.74 Å². The predicted octanol–water partition coefficient (Wildman–Crippen LogP) is 4.15. The summed E-state index contributed by atoms with van der Waals surface area (Å²) in [6.45, 7) is 9.41. The van der Waals surface area contributed by atoms with Gasteiger partial charge in [0.25, 0.3) is 5.69 Å². The third-order valence-corrected chi connectivity index (χ3v) is 5.24. The summed E-state index contributed by atoms with van der Waals surface area (Å²) < 4.78 is 5.45. The van der Waals surface area contributed by atoms with Crippen molar-refractivity contribution in [1.82, 2.24) is 5.32 Å². The molecule has 0 bridgehead atoms. The van der Waals surface area contributed by atoms with E-state index in [1.807, 2.05) is 13.8 Å². The van der Waals surface area contributed by atoms with Crippen molar-refractivity contribution in [2.45, 2.75) is 59.5 Å². The Morgan fingerprint density at radius 3 is 2.41 bits per heavy atom. The van der Waals surface area contributed by atoms with Crippen LogP contribution in [0.25, 0.3) is 0 Å². The molecule has 2 aliphatic rings. The lowest BCUT2D eigenvalue weighted by atomic mass is 9.68. The van der Waals surface area contributed by atoms with Crippen LogP contribution in [0.5, 0.6) is 0 Å². The van der Waals surface area contributed by atoms with Crippen LogP contribution in [0.2, 0.25) is 0 Å². The number of nitrogens with zero attached hydrogens (tertiary/aromatic N) is 1. The fourth-order valence-electron chi connectivity index (χ4n) is 4.11. The normalized spacial score (nSPS) is 21.0. The molecule has 1 aromatic rings. The summed E-state index contributed by atoms with van der Waals surface area (Å²) in [6, 6.07) is 6.02. The maximum atomic E-state index is 13.1. The van der Waals surface area contributed by atoms with Crippen molar-refractivity contribution in [3.05, 3.63) is 62.5 Å². The van der Waals surface area contributed by atoms with Crippen LogP contribution in [-0.2, 0) is 14.3 Å². The quantitative estimate of drug-likeness (QED) is 0.465. The van der Waals surface area contributed by atoms with Crippen LogP contribution >= 0.6 is 0 Å². The lowest BCUT2D eigenvalue weighted by molar-refractivity contribution is -0.384. The van der Waals surface area contributed by atoms with Crippen molar-refractivity contribution < 1.29 is 19.2 Å². The highest BCUT2D eigenvalue weighted by molar-refractivity contribution is 6.04. The van der Waals surface area contributed by atoms with Crippen LogP contribution in [0.4, 0.5) is 5.69 Å². The summed E-state index contributed by atoms with van der Waals surface area (Å²) >= 11 is 0. The maximum absolute atomic E-state index is 13.1. The number of carbonyl (C=O) groups excluding carboxylic acids is 2. The molecule has 0 unspecified atom stereocenters. The second kappa shape index (κ2) is 7.46. The minimum atomic E-state index is -0.609. The summed E-state index contributed by atoms with van der Waals surface area (Å²) in [5.74, 6) is -1.12. The van der Waals surface area contributed by atoms with Crippen molar-refractivity contribution >= 4 is 17.4 Å². The molecule has 7 nitrogen and oxygen atoms in total. The van der Waals surface area contributed by atoms with Gasteiger partial charge in [0.1, 0.15) is 0 Å². The van der Waals surface area contributed by atoms with Gasteiger partial charge >= 0.3 is 5.97 Å². The van der Waals surface area contributed by atoms with Crippen LogP contribution in [0.15, 0.2) is 46.8 Å². The van der Waals surface area contributed by atoms with E-state index < -0.39 is 16.8 Å². The molecule has 0 radical (unpaired) electrons. The Hall–Kier alpha value is -2.96. The number of dihydropyridines is 1. The van der Waals surface area contributed by atoms with Gasteiger partial charge in [-0.25, -0.2) is 4.79 Å². The summed E-state index contributed by atoms with van der Waals surface area (Å²) in [5.41, 5.74) is 2.82. The molecule has 154 valence electrons. The predicted molar refractivity (Wildman–Crippen MR) is 108 cm³/mol. The monoisotopic (exact) mass is 398 g/mol. The van der Waals surface area contributed by atoms with E-state index in [-0.39, 0.29) is 23.0 Å². The number of non-ortho nitro benzene ring substituents is 1. The van der Waals surface area contributed by atoms with Crippen LogP contribution in [0, 0.1) is 15.5 Å². The maximum Gasteiger partial charge on any atom is 0.337 e. The molecule has 29 heavy (non-hydrogen) atoms. The fraction of sp³-hybridized carbons (Fsp3) is 0.455. The fourth-order valence-corrected chi connectivity index (χ4v) is 4.11. The number of hydrogen-bond donors (Lipinski definition) is 1. The minimum absolute atomic E-state index is 0.0190. The first-order valence-electron chi connectivity index (χ1n) is 9.69. The Labute approximate surface area is 170 Å². The number of ketones is 1. The lowest BCUT2D eigenvalue weighted by Gasteiger charge is -2.39. The van der Waals surface area contributed by atoms with E-state index in [1.54, 1.807) is 32.9 Å². The molecule has 1 heterocycles. The standard InChI is InChI=1S/C22H26N2O5/c1-12(2)29-21(26)18-13(3)23-16-10-22(4,5)11-17(25)20(16)19(18)14-6-8-15(9-7-14)24(27)28/h6-9,12,19,23H,10-11H2,1-5H3/t19-/m1/s1. The van der Waals surface area contributed by atoms with Gasteiger partial charge < -0.3 is 10.1 Å². The molecule has 0 spiro atoms. The average Bonchev–Trinajstić information content (AvgIpc) is 2.58. The van der Waals surface area contributed by atoms with Crippen LogP contribution < -0.4 is 5.32 Å². The first-order valence-corrected chi connectivity index (χ1v) is 9.69. The highest BCUT2D eigenvalue weighted by Crippen LogP contribution is 2.47. The van der Waals surface area contributed by atoms with Gasteiger partial charge in [-0.2, -0.15) is 0 Å². The second-order valence-corrected chi connectivity index (χ2v) is 8.73. The third-order valence-electron chi connectivity index (χ3n) is 5.24. The zero-order valence-corrected chi connectivity index (χ0v) is 17.4. The summed E-state index contributed by atoms with van der Waals surface area (Å²) in [7, 11) is 0. The van der Waals surface area contributed by atoms with Gasteiger partial charge in [0.15, 0.2) is 5.78 Å². The Kier molecular flexibility index (Phi) is 5.34. The molecular weight excluding hydrogens is 372 g/mol. The molecule has 3 rings (SSSR count). The first kappa shape index (κ1) is 20.8. The number of hydrogen-bond acceptors (Lipinski definition) is 6. The van der Waals surface area contributed by atoms with E-state index in [9.17, 15) is 19.7 Å². The summed E-state index contributed by atoms with van der Waals surface area (Å²) in [6.07, 6.45) is 0.751. The van der Waals surface area contributed by atoms with Crippen molar-refractivity contribution in [3.63, 3.8) is 0 Å². The molecule has 1 aliphatic heterocycles. The van der Waals surface area contributed by atoms with E-state index >= 15 is 0 Å². The molecule has 1 aromatic carbocycles. The lowest BCUT2D eigenvalue weighted by Crippen LogP contribution is -2.39. The molecule has 1 N–H and O–H groups in total. The summed E-state index contributed by atoms with van der Waals surface area (Å²) in [5, 5.41) is 14.3. The van der Waals surface area contributed by atoms with Gasteiger partial charge in [-0.1, -0.05) is 26.0 Å². The third kappa shape index (κ3) is 4.09. The molecule has 7 heteroatoms. The summed E-state index contributed by atoms with van der Waals surface area (Å²) in [4.78, 5) is 36.6. The Morgan fingerprint density at radius 1 is 1.24 bits per heavy atom. The van der Waals surface area contributed by atoms with Crippen LogP contribution in [0.3, 0.4) is 0 Å². The number of nitro benzene ring substituents is 1. The Bertz CT molecular complexity index is 938. The Morgan fingerprint density at radius 2 is 1.86 bits per heavy atom. The van der Waals surface area contributed by atoms with Gasteiger partial charge in [-0.05, 0) is 38.2 Å². The van der Waals surface area contributed by atoms with Gasteiger partial charge in [-0.15, -0.1) is 0 Å². The number of nitro groups is 1. The minimum Gasteiger partial charge on any atom is -0.460 e. The number of nitrogens with one attached hydrogen (secondary N) is 1. The van der Waals surface area contributed by atoms with Gasteiger partial charge in [0.2, 0.25) is 0 Å². The zero-order chi connectivity index (χ0) is 21.5. The van der Waals surface area contributed by atoms with E-state index in [0.29, 0.717) is 35.2 Å². The molecule has 0 saturated carbocycles. The average molecular weight is 398 g/mol. The highest BCUT2D eigenvalue weighted by Gasteiger charge is 2.43. The van der Waals surface area contributed by atoms with E-state index in [2.05, 4.69) is 5.32 Å². The SMILES string of the molecule is CC1=C(C(=O)OC(C)C)[C@@H](c2ccc([N+](=O)[O-])cc2)C2=C(CC(C)(C)CC2=O)N1. The van der Waals surface area contributed by atoms with Crippen molar-refractivity contribution in [3.8, 4) is 0 Å². The van der Waals surface area contributed by atoms with Crippen LogP contribution in [0.1, 0.15) is 58.9 Å². The smallest absolute Gasteiger partial charge is 0.337 e. The van der Waals surface area contributed by atoms with Crippen molar-refractivity contribution in [2.75, 3.05) is 0 Å². The van der Waals surface area contributed by atoms with E-state index in [1.165, 1.54) is 12.1 Å². The largest absolute Gasteiger partial charge is 0.460 e. The number of benzene rings is 1. The molecular formula is C22H26N2O5. The molecule has 0 aromatic heterocycles. The van der Waals surface area contributed by atoms with Gasteiger partial charge in [0.05, 0.1) is 16.6 Å². The topological polar surface area (TPSA) is 98.5 Å². The zero-order valence-electron chi connectivity index (χ0n) is 17.4. The molecule has 1 aliphatic carbocycles. The van der Waals surface area contributed by atoms with Crippen molar-refractivity contribution in [1.29, 1.82) is 0 Å².